The van der Waals surface area contributed by atoms with Crippen LogP contribution in [0.3, 0.4) is 0 Å². The Morgan fingerprint density at radius 1 is 0.950 bits per heavy atom. The summed E-state index contributed by atoms with van der Waals surface area (Å²) in [6.45, 7) is 0.208. The first-order valence-corrected chi connectivity index (χ1v) is 6.54. The molecule has 0 bridgehead atoms. The number of aromatic nitrogens is 1. The van der Waals surface area contributed by atoms with E-state index in [1.54, 1.807) is 6.20 Å². The van der Waals surface area contributed by atoms with Gasteiger partial charge in [0.05, 0.1) is 0 Å². The van der Waals surface area contributed by atoms with Gasteiger partial charge in [-0.05, 0) is 17.7 Å². The number of hydrogen-bond donors (Lipinski definition) is 1. The molecule has 3 rings (SSSR count). The van der Waals surface area contributed by atoms with Crippen LogP contribution in [0.15, 0.2) is 66.9 Å². The third kappa shape index (κ3) is 2.63. The van der Waals surface area contributed by atoms with Crippen LogP contribution in [0, 0.1) is 0 Å². The maximum atomic E-state index is 10.1. The van der Waals surface area contributed by atoms with Crippen molar-refractivity contribution in [2.75, 3.05) is 6.61 Å². The fraction of sp³-hybridized carbons (Fsp3) is 0.118. The first-order valence-electron chi connectivity index (χ1n) is 6.54. The van der Waals surface area contributed by atoms with Crippen molar-refractivity contribution in [2.45, 2.75) is 6.10 Å². The molecule has 0 aliphatic heterocycles. The van der Waals surface area contributed by atoms with E-state index in [2.05, 4.69) is 4.98 Å². The molecule has 1 atom stereocenters. The summed E-state index contributed by atoms with van der Waals surface area (Å²) >= 11 is 0. The second kappa shape index (κ2) is 5.72. The molecule has 0 radical (unpaired) electrons. The van der Waals surface area contributed by atoms with Gasteiger partial charge < -0.3 is 9.84 Å². The molecule has 0 saturated heterocycles. The smallest absolute Gasteiger partial charge is 0.145 e. The maximum Gasteiger partial charge on any atom is 0.145 e. The third-order valence-electron chi connectivity index (χ3n) is 3.18. The van der Waals surface area contributed by atoms with Crippen molar-refractivity contribution in [1.82, 2.24) is 4.98 Å². The van der Waals surface area contributed by atoms with Crippen molar-refractivity contribution in [3.05, 3.63) is 72.4 Å². The lowest BCUT2D eigenvalue weighted by atomic mass is 10.1. The van der Waals surface area contributed by atoms with Crippen LogP contribution in [-0.4, -0.2) is 16.7 Å². The van der Waals surface area contributed by atoms with Crippen molar-refractivity contribution in [3.8, 4) is 5.75 Å². The summed E-state index contributed by atoms with van der Waals surface area (Å²) in [6, 6.07) is 19.2. The van der Waals surface area contributed by atoms with Crippen LogP contribution in [0.2, 0.25) is 0 Å². The topological polar surface area (TPSA) is 42.4 Å². The van der Waals surface area contributed by atoms with Gasteiger partial charge >= 0.3 is 0 Å². The van der Waals surface area contributed by atoms with Gasteiger partial charge in [0.15, 0.2) is 0 Å². The second-order valence-corrected chi connectivity index (χ2v) is 4.57. The van der Waals surface area contributed by atoms with Crippen molar-refractivity contribution >= 4 is 10.9 Å². The molecule has 1 heterocycles. The van der Waals surface area contributed by atoms with Crippen LogP contribution in [0.1, 0.15) is 11.7 Å². The first-order chi connectivity index (χ1) is 9.84. The Bertz CT molecular complexity index is 692. The van der Waals surface area contributed by atoms with E-state index in [-0.39, 0.29) is 6.61 Å². The van der Waals surface area contributed by atoms with E-state index >= 15 is 0 Å². The quantitative estimate of drug-likeness (QED) is 0.786. The highest BCUT2D eigenvalue weighted by Gasteiger charge is 2.09. The molecule has 1 N–H and O–H groups in total. The van der Waals surface area contributed by atoms with E-state index < -0.39 is 6.10 Å². The third-order valence-corrected chi connectivity index (χ3v) is 3.18. The number of para-hydroxylation sites is 1. The monoisotopic (exact) mass is 265 g/mol. The summed E-state index contributed by atoms with van der Waals surface area (Å²) in [7, 11) is 0. The number of benzene rings is 2. The molecule has 0 spiro atoms. The standard InChI is InChI=1S/C17H15NO2/c19-15(13-6-2-1-3-7-13)12-20-16-10-4-8-14-9-5-11-18-17(14)16/h1-11,15,19H,12H2. The van der Waals surface area contributed by atoms with Gasteiger partial charge in [0.1, 0.15) is 24.0 Å². The van der Waals surface area contributed by atoms with E-state index in [0.717, 1.165) is 16.5 Å². The fourth-order valence-electron chi connectivity index (χ4n) is 2.13. The van der Waals surface area contributed by atoms with Crippen LogP contribution in [0.4, 0.5) is 0 Å². The molecule has 3 aromatic rings. The van der Waals surface area contributed by atoms with E-state index in [1.807, 2.05) is 60.7 Å². The molecular formula is C17H15NO2. The molecule has 100 valence electrons. The Labute approximate surface area is 117 Å². The average Bonchev–Trinajstić information content (AvgIpc) is 2.53. The van der Waals surface area contributed by atoms with Crippen LogP contribution in [0.5, 0.6) is 5.75 Å². The zero-order valence-corrected chi connectivity index (χ0v) is 10.9. The number of nitrogens with zero attached hydrogens (tertiary/aromatic N) is 1. The number of aliphatic hydroxyl groups is 1. The Hall–Kier alpha value is -2.39. The molecule has 0 aliphatic rings. The molecule has 1 unspecified atom stereocenters. The van der Waals surface area contributed by atoms with Crippen LogP contribution in [-0.2, 0) is 0 Å². The Morgan fingerprint density at radius 2 is 1.75 bits per heavy atom. The Balaban J connectivity index is 1.77. The van der Waals surface area contributed by atoms with Gasteiger partial charge in [-0.15, -0.1) is 0 Å². The molecule has 0 saturated carbocycles. The molecule has 0 amide bonds. The summed E-state index contributed by atoms with van der Waals surface area (Å²) < 4.78 is 5.72. The Morgan fingerprint density at radius 3 is 2.60 bits per heavy atom. The van der Waals surface area contributed by atoms with Crippen molar-refractivity contribution in [1.29, 1.82) is 0 Å². The lowest BCUT2D eigenvalue weighted by Gasteiger charge is -2.13. The second-order valence-electron chi connectivity index (χ2n) is 4.57. The summed E-state index contributed by atoms with van der Waals surface area (Å²) in [4.78, 5) is 4.33. The van der Waals surface area contributed by atoms with Gasteiger partial charge in [0, 0.05) is 11.6 Å². The summed E-state index contributed by atoms with van der Waals surface area (Å²) in [5, 5.41) is 11.1. The minimum Gasteiger partial charge on any atom is -0.488 e. The fourth-order valence-corrected chi connectivity index (χ4v) is 2.13. The van der Waals surface area contributed by atoms with Gasteiger partial charge in [-0.1, -0.05) is 48.5 Å². The number of rotatable bonds is 4. The van der Waals surface area contributed by atoms with Crippen molar-refractivity contribution in [2.24, 2.45) is 0 Å². The number of fused-ring (bicyclic) bond motifs is 1. The van der Waals surface area contributed by atoms with Gasteiger partial charge in [-0.2, -0.15) is 0 Å². The number of ether oxygens (including phenoxy) is 1. The SMILES string of the molecule is OC(COc1cccc2cccnc12)c1ccccc1. The zero-order chi connectivity index (χ0) is 13.8. The summed E-state index contributed by atoms with van der Waals surface area (Å²) in [5.41, 5.74) is 1.66. The van der Waals surface area contributed by atoms with E-state index in [4.69, 9.17) is 4.74 Å². The molecule has 2 aromatic carbocycles. The predicted octanol–water partition coefficient (Wildman–Crippen LogP) is 3.35. The van der Waals surface area contributed by atoms with E-state index in [9.17, 15) is 5.11 Å². The highest BCUT2D eigenvalue weighted by atomic mass is 16.5. The highest BCUT2D eigenvalue weighted by molar-refractivity contribution is 5.84. The molecule has 3 heteroatoms. The lowest BCUT2D eigenvalue weighted by Crippen LogP contribution is -2.09. The molecular weight excluding hydrogens is 250 g/mol. The Kier molecular flexibility index (Phi) is 3.61. The maximum absolute atomic E-state index is 10.1. The van der Waals surface area contributed by atoms with Crippen molar-refractivity contribution in [3.63, 3.8) is 0 Å². The van der Waals surface area contributed by atoms with E-state index in [0.29, 0.717) is 5.75 Å². The minimum atomic E-state index is -0.643. The van der Waals surface area contributed by atoms with Gasteiger partial charge in [0.25, 0.3) is 0 Å². The van der Waals surface area contributed by atoms with E-state index in [1.165, 1.54) is 0 Å². The molecule has 0 aliphatic carbocycles. The number of pyridine rings is 1. The molecule has 1 aromatic heterocycles. The van der Waals surface area contributed by atoms with Gasteiger partial charge in [-0.25, -0.2) is 0 Å². The van der Waals surface area contributed by atoms with Gasteiger partial charge in [0.2, 0.25) is 0 Å². The number of aliphatic hydroxyl groups excluding tert-OH is 1. The average molecular weight is 265 g/mol. The molecule has 20 heavy (non-hydrogen) atoms. The number of hydrogen-bond acceptors (Lipinski definition) is 3. The van der Waals surface area contributed by atoms with Crippen molar-refractivity contribution < 1.29 is 9.84 Å². The first kappa shape index (κ1) is 12.6. The summed E-state index contributed by atoms with van der Waals surface area (Å²) in [5.74, 6) is 0.693. The van der Waals surface area contributed by atoms with Crippen LogP contribution < -0.4 is 4.74 Å². The highest BCUT2D eigenvalue weighted by Crippen LogP contribution is 2.24. The largest absolute Gasteiger partial charge is 0.488 e. The minimum absolute atomic E-state index is 0.208. The van der Waals surface area contributed by atoms with Gasteiger partial charge in [-0.3, -0.25) is 4.98 Å². The predicted molar refractivity (Wildman–Crippen MR) is 78.6 cm³/mol. The van der Waals surface area contributed by atoms with Crippen LogP contribution in [0.25, 0.3) is 10.9 Å². The van der Waals surface area contributed by atoms with Crippen LogP contribution >= 0.6 is 0 Å². The normalized spacial score (nSPS) is 12.2. The molecule has 0 fully saturated rings. The molecule has 3 nitrogen and oxygen atoms in total. The zero-order valence-electron chi connectivity index (χ0n) is 10.9. The summed E-state index contributed by atoms with van der Waals surface area (Å²) in [6.07, 6.45) is 1.10. The lowest BCUT2D eigenvalue weighted by molar-refractivity contribution is 0.109.